The van der Waals surface area contributed by atoms with E-state index in [2.05, 4.69) is 23.8 Å². The molecular formula is C9H16N2O. The molecule has 1 heterocycles. The number of carbonyl (C=O) groups excluding carboxylic acids is 1. The van der Waals surface area contributed by atoms with Gasteiger partial charge in [-0.25, -0.2) is 0 Å². The third-order valence-electron chi connectivity index (χ3n) is 2.37. The standard InChI is InChI=1S/C9H16N2O/c1-3-9(12)10-7-8-5-4-6-11(8)2/h3,8H,1,4-7H2,2H3,(H,10,12)/t8-/m0/s1. The molecule has 1 fully saturated rings. The smallest absolute Gasteiger partial charge is 0.243 e. The molecule has 0 aromatic heterocycles. The normalized spacial score (nSPS) is 23.9. The van der Waals surface area contributed by atoms with Crippen LogP contribution in [0.15, 0.2) is 12.7 Å². The van der Waals surface area contributed by atoms with E-state index in [1.54, 1.807) is 0 Å². The van der Waals surface area contributed by atoms with Crippen molar-refractivity contribution >= 4 is 5.91 Å². The van der Waals surface area contributed by atoms with Gasteiger partial charge in [-0.05, 0) is 32.5 Å². The Balaban J connectivity index is 2.22. The Kier molecular flexibility index (Phi) is 3.29. The lowest BCUT2D eigenvalue weighted by molar-refractivity contribution is -0.116. The Morgan fingerprint density at radius 2 is 2.58 bits per heavy atom. The van der Waals surface area contributed by atoms with Crippen LogP contribution in [0.3, 0.4) is 0 Å². The van der Waals surface area contributed by atoms with E-state index < -0.39 is 0 Å². The molecule has 0 aliphatic carbocycles. The summed E-state index contributed by atoms with van der Waals surface area (Å²) < 4.78 is 0. The first kappa shape index (κ1) is 9.26. The van der Waals surface area contributed by atoms with Gasteiger partial charge in [-0.1, -0.05) is 6.58 Å². The SMILES string of the molecule is C=CC(=O)NC[C@@H]1CCCN1C. The van der Waals surface area contributed by atoms with E-state index in [1.165, 1.54) is 18.9 Å². The fraction of sp³-hybridized carbons (Fsp3) is 0.667. The minimum atomic E-state index is -0.0738. The lowest BCUT2D eigenvalue weighted by Gasteiger charge is -2.18. The summed E-state index contributed by atoms with van der Waals surface area (Å²) in [6.45, 7) is 5.30. The highest BCUT2D eigenvalue weighted by molar-refractivity contribution is 5.86. The Morgan fingerprint density at radius 1 is 1.83 bits per heavy atom. The van der Waals surface area contributed by atoms with Crippen LogP contribution in [0.2, 0.25) is 0 Å². The molecule has 68 valence electrons. The second-order valence-corrected chi connectivity index (χ2v) is 3.23. The van der Waals surface area contributed by atoms with Gasteiger partial charge in [-0.2, -0.15) is 0 Å². The second kappa shape index (κ2) is 4.26. The van der Waals surface area contributed by atoms with E-state index in [-0.39, 0.29) is 5.91 Å². The summed E-state index contributed by atoms with van der Waals surface area (Å²) in [7, 11) is 2.09. The minimum absolute atomic E-state index is 0.0738. The summed E-state index contributed by atoms with van der Waals surface area (Å²) in [4.78, 5) is 13.1. The molecule has 1 amide bonds. The zero-order valence-corrected chi connectivity index (χ0v) is 7.55. The van der Waals surface area contributed by atoms with Crippen molar-refractivity contribution in [3.05, 3.63) is 12.7 Å². The first-order valence-corrected chi connectivity index (χ1v) is 4.34. The van der Waals surface area contributed by atoms with E-state index in [0.717, 1.165) is 13.1 Å². The quantitative estimate of drug-likeness (QED) is 0.618. The van der Waals surface area contributed by atoms with Crippen LogP contribution < -0.4 is 5.32 Å². The molecule has 0 unspecified atom stereocenters. The highest BCUT2D eigenvalue weighted by Gasteiger charge is 2.20. The summed E-state index contributed by atoms with van der Waals surface area (Å²) >= 11 is 0. The molecule has 12 heavy (non-hydrogen) atoms. The van der Waals surface area contributed by atoms with Crippen molar-refractivity contribution in [1.29, 1.82) is 0 Å². The molecule has 1 atom stereocenters. The molecule has 0 spiro atoms. The van der Waals surface area contributed by atoms with Crippen LogP contribution in [-0.4, -0.2) is 37.0 Å². The van der Waals surface area contributed by atoms with Gasteiger partial charge in [0.1, 0.15) is 0 Å². The number of hydrogen-bond donors (Lipinski definition) is 1. The van der Waals surface area contributed by atoms with Crippen LogP contribution in [0.5, 0.6) is 0 Å². The average molecular weight is 168 g/mol. The van der Waals surface area contributed by atoms with Gasteiger partial charge in [-0.15, -0.1) is 0 Å². The Hall–Kier alpha value is -0.830. The lowest BCUT2D eigenvalue weighted by atomic mass is 10.2. The van der Waals surface area contributed by atoms with Crippen LogP contribution in [0.25, 0.3) is 0 Å². The number of nitrogens with zero attached hydrogens (tertiary/aromatic N) is 1. The van der Waals surface area contributed by atoms with Gasteiger partial charge >= 0.3 is 0 Å². The third-order valence-corrected chi connectivity index (χ3v) is 2.37. The third kappa shape index (κ3) is 2.34. The molecule has 1 aliphatic heterocycles. The van der Waals surface area contributed by atoms with Gasteiger partial charge in [0.15, 0.2) is 0 Å². The summed E-state index contributed by atoms with van der Waals surface area (Å²) in [5.41, 5.74) is 0. The number of likely N-dealkylation sites (N-methyl/N-ethyl adjacent to an activating group) is 1. The maximum absolute atomic E-state index is 10.8. The number of nitrogens with one attached hydrogen (secondary N) is 1. The topological polar surface area (TPSA) is 32.3 Å². The zero-order valence-electron chi connectivity index (χ0n) is 7.55. The van der Waals surface area contributed by atoms with Crippen LogP contribution >= 0.6 is 0 Å². The molecule has 3 nitrogen and oxygen atoms in total. The number of amides is 1. The number of carbonyl (C=O) groups is 1. The van der Waals surface area contributed by atoms with Crippen molar-refractivity contribution in [2.45, 2.75) is 18.9 Å². The molecule has 0 radical (unpaired) electrons. The van der Waals surface area contributed by atoms with Gasteiger partial charge in [0.25, 0.3) is 0 Å². The summed E-state index contributed by atoms with van der Waals surface area (Å²) in [6.07, 6.45) is 3.74. The van der Waals surface area contributed by atoms with Crippen LogP contribution in [0.4, 0.5) is 0 Å². The molecule has 1 N–H and O–H groups in total. The first-order chi connectivity index (χ1) is 5.74. The van der Waals surface area contributed by atoms with E-state index in [0.29, 0.717) is 6.04 Å². The maximum atomic E-state index is 10.8. The minimum Gasteiger partial charge on any atom is -0.351 e. The Bertz CT molecular complexity index is 179. The number of rotatable bonds is 3. The van der Waals surface area contributed by atoms with Gasteiger partial charge in [0.05, 0.1) is 0 Å². The molecule has 0 saturated carbocycles. The van der Waals surface area contributed by atoms with Crippen molar-refractivity contribution in [3.63, 3.8) is 0 Å². The Labute approximate surface area is 73.4 Å². The van der Waals surface area contributed by atoms with Gasteiger partial charge < -0.3 is 10.2 Å². The van der Waals surface area contributed by atoms with Gasteiger partial charge in [0.2, 0.25) is 5.91 Å². The maximum Gasteiger partial charge on any atom is 0.243 e. The molecule has 1 rings (SSSR count). The number of likely N-dealkylation sites (tertiary alicyclic amines) is 1. The molecule has 0 aromatic carbocycles. The fourth-order valence-corrected chi connectivity index (χ4v) is 1.53. The molecule has 0 bridgehead atoms. The van der Waals surface area contributed by atoms with Crippen molar-refractivity contribution in [1.82, 2.24) is 10.2 Å². The van der Waals surface area contributed by atoms with Crippen LogP contribution in [-0.2, 0) is 4.79 Å². The van der Waals surface area contributed by atoms with E-state index in [1.807, 2.05) is 0 Å². The van der Waals surface area contributed by atoms with Gasteiger partial charge in [0, 0.05) is 12.6 Å². The zero-order chi connectivity index (χ0) is 8.97. The highest BCUT2D eigenvalue weighted by atomic mass is 16.1. The van der Waals surface area contributed by atoms with Crippen molar-refractivity contribution < 1.29 is 4.79 Å². The summed E-state index contributed by atoms with van der Waals surface area (Å²) in [6, 6.07) is 0.522. The summed E-state index contributed by atoms with van der Waals surface area (Å²) in [5, 5.41) is 2.81. The predicted molar refractivity (Wildman–Crippen MR) is 48.9 cm³/mol. The largest absolute Gasteiger partial charge is 0.351 e. The predicted octanol–water partition coefficient (Wildman–Crippen LogP) is 0.383. The fourth-order valence-electron chi connectivity index (χ4n) is 1.53. The van der Waals surface area contributed by atoms with Crippen molar-refractivity contribution in [2.24, 2.45) is 0 Å². The summed E-state index contributed by atoms with van der Waals surface area (Å²) in [5.74, 6) is -0.0738. The van der Waals surface area contributed by atoms with Crippen molar-refractivity contribution in [2.75, 3.05) is 20.1 Å². The van der Waals surface area contributed by atoms with E-state index in [9.17, 15) is 4.79 Å². The monoisotopic (exact) mass is 168 g/mol. The molecular weight excluding hydrogens is 152 g/mol. The highest BCUT2D eigenvalue weighted by Crippen LogP contribution is 2.13. The molecule has 1 aliphatic rings. The molecule has 3 heteroatoms. The van der Waals surface area contributed by atoms with Crippen LogP contribution in [0, 0.1) is 0 Å². The van der Waals surface area contributed by atoms with E-state index >= 15 is 0 Å². The number of hydrogen-bond acceptors (Lipinski definition) is 2. The Morgan fingerprint density at radius 3 is 3.08 bits per heavy atom. The second-order valence-electron chi connectivity index (χ2n) is 3.23. The van der Waals surface area contributed by atoms with E-state index in [4.69, 9.17) is 0 Å². The average Bonchev–Trinajstić information content (AvgIpc) is 2.47. The lowest BCUT2D eigenvalue weighted by Crippen LogP contribution is -2.37. The van der Waals surface area contributed by atoms with Crippen LogP contribution in [0.1, 0.15) is 12.8 Å². The van der Waals surface area contributed by atoms with Crippen molar-refractivity contribution in [3.8, 4) is 0 Å². The molecule has 1 saturated heterocycles. The first-order valence-electron chi connectivity index (χ1n) is 4.34. The van der Waals surface area contributed by atoms with Gasteiger partial charge in [-0.3, -0.25) is 4.79 Å². The molecule has 0 aromatic rings.